The number of nitrogens with one attached hydrogen (secondary N) is 1. The molecule has 0 saturated carbocycles. The van der Waals surface area contributed by atoms with Gasteiger partial charge in [0, 0.05) is 48.8 Å². The van der Waals surface area contributed by atoms with E-state index in [9.17, 15) is 14.7 Å². The maximum Gasteiger partial charge on any atom is 0.297 e. The molecule has 0 amide bonds. The third-order valence-electron chi connectivity index (χ3n) is 8.84. The smallest absolute Gasteiger partial charge is 0.297 e. The lowest BCUT2D eigenvalue weighted by Gasteiger charge is -2.35. The third kappa shape index (κ3) is 5.09. The van der Waals surface area contributed by atoms with Crippen LogP contribution in [0, 0.1) is 5.41 Å². The lowest BCUT2D eigenvalue weighted by molar-refractivity contribution is 0.0989. The first-order chi connectivity index (χ1) is 21.6. The number of nitrogens with zero attached hydrogens (tertiary/aromatic N) is 7. The summed E-state index contributed by atoms with van der Waals surface area (Å²) in [7, 11) is 1.67. The molecule has 2 aliphatic rings. The molecule has 232 valence electrons. The van der Waals surface area contributed by atoms with Crippen LogP contribution in [0.25, 0.3) is 22.5 Å². The SMILES string of the molecule is C[C@H]1COCCN1c1ccc(Nc2cc(-c3ccnc(-n4ncn5c6c(cc5c4=O)CC(C)(C)C6)c3CO)cn(C)c2=O)nc1. The Morgan fingerprint density at radius 3 is 2.71 bits per heavy atom. The molecule has 1 saturated heterocycles. The van der Waals surface area contributed by atoms with E-state index in [0.29, 0.717) is 46.9 Å². The Kier molecular flexibility index (Phi) is 7.05. The number of fused-ring (bicyclic) bond motifs is 3. The molecular formula is C33H36N8O4. The van der Waals surface area contributed by atoms with Crippen LogP contribution in [0.2, 0.25) is 0 Å². The maximum atomic E-state index is 13.7. The Labute approximate surface area is 259 Å². The number of aliphatic hydroxyl groups excluding tert-OH is 1. The maximum absolute atomic E-state index is 13.7. The van der Waals surface area contributed by atoms with Crippen molar-refractivity contribution in [1.82, 2.24) is 28.7 Å². The third-order valence-corrected chi connectivity index (χ3v) is 8.84. The van der Waals surface area contributed by atoms with Crippen molar-refractivity contribution >= 4 is 22.7 Å². The summed E-state index contributed by atoms with van der Waals surface area (Å²) >= 11 is 0. The van der Waals surface area contributed by atoms with E-state index in [1.54, 1.807) is 44.1 Å². The summed E-state index contributed by atoms with van der Waals surface area (Å²) < 4.78 is 10.1. The highest BCUT2D eigenvalue weighted by molar-refractivity contribution is 5.73. The van der Waals surface area contributed by atoms with Gasteiger partial charge in [0.15, 0.2) is 5.82 Å². The normalized spacial score (nSPS) is 17.5. The minimum Gasteiger partial charge on any atom is -0.392 e. The quantitative estimate of drug-likeness (QED) is 0.298. The number of morpholine rings is 1. The molecule has 45 heavy (non-hydrogen) atoms. The van der Waals surface area contributed by atoms with Crippen LogP contribution in [0.5, 0.6) is 0 Å². The summed E-state index contributed by atoms with van der Waals surface area (Å²) in [5.74, 6) is 0.764. The molecule has 1 aliphatic carbocycles. The molecule has 6 heterocycles. The van der Waals surface area contributed by atoms with E-state index >= 15 is 0 Å². The number of hydrogen-bond acceptors (Lipinski definition) is 9. The highest BCUT2D eigenvalue weighted by Gasteiger charge is 2.32. The van der Waals surface area contributed by atoms with Gasteiger partial charge in [-0.3, -0.25) is 14.0 Å². The Balaban J connectivity index is 1.24. The van der Waals surface area contributed by atoms with Crippen molar-refractivity contribution in [3.05, 3.63) is 92.8 Å². The summed E-state index contributed by atoms with van der Waals surface area (Å²) in [4.78, 5) is 38.1. The van der Waals surface area contributed by atoms with Gasteiger partial charge < -0.3 is 24.6 Å². The van der Waals surface area contributed by atoms with E-state index in [1.165, 1.54) is 9.25 Å². The number of hydrogen-bond donors (Lipinski definition) is 2. The van der Waals surface area contributed by atoms with Crippen LogP contribution in [0.4, 0.5) is 17.2 Å². The number of aryl methyl sites for hydroxylation is 1. The molecule has 2 N–H and O–H groups in total. The van der Waals surface area contributed by atoms with Gasteiger partial charge in [-0.2, -0.15) is 9.78 Å². The number of rotatable bonds is 6. The molecule has 0 bridgehead atoms. The average Bonchev–Trinajstić information content (AvgIpc) is 3.52. The van der Waals surface area contributed by atoms with Gasteiger partial charge in [0.25, 0.3) is 11.1 Å². The zero-order valence-electron chi connectivity index (χ0n) is 25.8. The largest absolute Gasteiger partial charge is 0.392 e. The molecule has 0 aromatic carbocycles. The van der Waals surface area contributed by atoms with Crippen LogP contribution < -0.4 is 21.3 Å². The van der Waals surface area contributed by atoms with Crippen molar-refractivity contribution in [2.24, 2.45) is 12.5 Å². The summed E-state index contributed by atoms with van der Waals surface area (Å²) in [5.41, 5.74) is 5.40. The predicted octanol–water partition coefficient (Wildman–Crippen LogP) is 3.23. The van der Waals surface area contributed by atoms with E-state index in [-0.39, 0.29) is 28.4 Å². The van der Waals surface area contributed by atoms with Gasteiger partial charge in [-0.1, -0.05) is 13.8 Å². The van der Waals surface area contributed by atoms with Crippen molar-refractivity contribution in [2.45, 2.75) is 46.3 Å². The van der Waals surface area contributed by atoms with Crippen LogP contribution in [0.3, 0.4) is 0 Å². The molecule has 5 aromatic heterocycles. The van der Waals surface area contributed by atoms with Crippen LogP contribution in [0.15, 0.2) is 64.8 Å². The van der Waals surface area contributed by atoms with Gasteiger partial charge >= 0.3 is 0 Å². The molecule has 0 unspecified atom stereocenters. The summed E-state index contributed by atoms with van der Waals surface area (Å²) in [6.07, 6.45) is 8.48. The second-order valence-corrected chi connectivity index (χ2v) is 12.8. The zero-order valence-corrected chi connectivity index (χ0v) is 25.8. The molecule has 0 spiro atoms. The van der Waals surface area contributed by atoms with Crippen LogP contribution in [-0.4, -0.2) is 59.6 Å². The van der Waals surface area contributed by atoms with Gasteiger partial charge in [-0.15, -0.1) is 0 Å². The van der Waals surface area contributed by atoms with Gasteiger partial charge in [-0.05, 0) is 66.6 Å². The van der Waals surface area contributed by atoms with Gasteiger partial charge in [0.1, 0.15) is 23.3 Å². The first kappa shape index (κ1) is 28.9. The first-order valence-corrected chi connectivity index (χ1v) is 15.1. The minimum atomic E-state index is -0.391. The van der Waals surface area contributed by atoms with E-state index in [0.717, 1.165) is 36.3 Å². The Morgan fingerprint density at radius 2 is 1.96 bits per heavy atom. The number of pyridine rings is 3. The summed E-state index contributed by atoms with van der Waals surface area (Å²) in [6.45, 7) is 8.29. The molecule has 1 fully saturated rings. The van der Waals surface area contributed by atoms with E-state index in [4.69, 9.17) is 4.74 Å². The van der Waals surface area contributed by atoms with Crippen molar-refractivity contribution in [2.75, 3.05) is 30.0 Å². The number of aromatic nitrogens is 6. The molecule has 7 rings (SSSR count). The lowest BCUT2D eigenvalue weighted by Crippen LogP contribution is -2.43. The number of anilines is 3. The highest BCUT2D eigenvalue weighted by atomic mass is 16.5. The fourth-order valence-corrected chi connectivity index (χ4v) is 6.63. The molecule has 0 radical (unpaired) electrons. The second-order valence-electron chi connectivity index (χ2n) is 12.8. The van der Waals surface area contributed by atoms with Gasteiger partial charge in [0.2, 0.25) is 0 Å². The van der Waals surface area contributed by atoms with Crippen LogP contribution in [0.1, 0.15) is 37.6 Å². The Bertz CT molecular complexity index is 2040. The predicted molar refractivity (Wildman–Crippen MR) is 172 cm³/mol. The van der Waals surface area contributed by atoms with E-state index in [2.05, 4.69) is 46.1 Å². The standard InChI is InChI=1S/C33H36N8O4/c1-20-18-45-10-9-39(20)23-5-6-29(35-15-23)37-26-11-22(16-38(4)31(26)43)24-7-8-34-30(25(24)17-42)41-32(44)27-12-21-13-33(2,3)14-28(21)40(27)19-36-41/h5-8,11-12,15-16,19-20,42H,9-10,13-14,17-18H2,1-4H3,(H,35,37)/t20-/m0/s1. The monoisotopic (exact) mass is 608 g/mol. The molecule has 1 atom stereocenters. The lowest BCUT2D eigenvalue weighted by atomic mass is 9.90. The molecular weight excluding hydrogens is 572 g/mol. The second kappa shape index (κ2) is 11.0. The Hall–Kier alpha value is -4.81. The van der Waals surface area contributed by atoms with Crippen molar-refractivity contribution in [1.29, 1.82) is 0 Å². The fraction of sp³-hybridized carbons (Fsp3) is 0.364. The number of aliphatic hydroxyl groups is 1. The first-order valence-electron chi connectivity index (χ1n) is 15.1. The fourth-order valence-electron chi connectivity index (χ4n) is 6.63. The molecule has 12 nitrogen and oxygen atoms in total. The van der Waals surface area contributed by atoms with Crippen molar-refractivity contribution < 1.29 is 9.84 Å². The average molecular weight is 609 g/mol. The molecule has 12 heteroatoms. The zero-order chi connectivity index (χ0) is 31.5. The van der Waals surface area contributed by atoms with Crippen molar-refractivity contribution in [3.8, 4) is 16.9 Å². The van der Waals surface area contributed by atoms with Crippen LogP contribution in [-0.2, 0) is 31.2 Å². The summed E-state index contributed by atoms with van der Waals surface area (Å²) in [5, 5.41) is 18.2. The number of ether oxygens (including phenoxy) is 1. The Morgan fingerprint density at radius 1 is 1.11 bits per heavy atom. The molecule has 5 aromatic rings. The highest BCUT2D eigenvalue weighted by Crippen LogP contribution is 2.37. The van der Waals surface area contributed by atoms with E-state index < -0.39 is 6.61 Å². The van der Waals surface area contributed by atoms with Gasteiger partial charge in [0.05, 0.1) is 31.7 Å². The minimum absolute atomic E-state index is 0.144. The van der Waals surface area contributed by atoms with Crippen molar-refractivity contribution in [3.63, 3.8) is 0 Å². The molecule has 1 aliphatic heterocycles. The summed E-state index contributed by atoms with van der Waals surface area (Å²) in [6, 6.07) is 9.50. The van der Waals surface area contributed by atoms with E-state index in [1.807, 2.05) is 22.6 Å². The van der Waals surface area contributed by atoms with Crippen LogP contribution >= 0.6 is 0 Å². The van der Waals surface area contributed by atoms with Gasteiger partial charge in [-0.25, -0.2) is 9.97 Å². The topological polar surface area (TPSA) is 132 Å².